The highest BCUT2D eigenvalue weighted by Crippen LogP contribution is 2.30. The molecule has 1 aromatic carbocycles. The number of nitrogens with zero attached hydrogens (tertiary/aromatic N) is 2. The molecule has 138 valence electrons. The lowest BCUT2D eigenvalue weighted by atomic mass is 9.98. The fourth-order valence-electron chi connectivity index (χ4n) is 2.89. The summed E-state index contributed by atoms with van der Waals surface area (Å²) in [6.45, 7) is 3.67. The number of esters is 1. The number of rotatable bonds is 5. The molecule has 0 radical (unpaired) electrons. The van der Waals surface area contributed by atoms with Gasteiger partial charge in [0.1, 0.15) is 6.61 Å². The lowest BCUT2D eigenvalue weighted by Gasteiger charge is -2.30. The van der Waals surface area contributed by atoms with Gasteiger partial charge in [-0.3, -0.25) is 0 Å². The summed E-state index contributed by atoms with van der Waals surface area (Å²) in [7, 11) is 0. The van der Waals surface area contributed by atoms with Crippen LogP contribution in [-0.2, 0) is 16.1 Å². The highest BCUT2D eigenvalue weighted by atomic mass is 32.1. The lowest BCUT2D eigenvalue weighted by molar-refractivity contribution is 0.0520. The molecule has 1 aliphatic heterocycles. The number of aromatic nitrogens is 1. The molecule has 2 aromatic rings. The van der Waals surface area contributed by atoms with Gasteiger partial charge in [0.05, 0.1) is 11.6 Å². The van der Waals surface area contributed by atoms with E-state index in [-0.39, 0.29) is 24.6 Å². The van der Waals surface area contributed by atoms with Crippen LogP contribution >= 0.6 is 11.3 Å². The number of benzene rings is 1. The summed E-state index contributed by atoms with van der Waals surface area (Å²) in [4.78, 5) is 30.1. The van der Waals surface area contributed by atoms with Crippen LogP contribution in [0.25, 0.3) is 0 Å². The third-order valence-corrected chi connectivity index (χ3v) is 5.32. The Labute approximate surface area is 156 Å². The zero-order valence-electron chi connectivity index (χ0n) is 14.7. The van der Waals surface area contributed by atoms with Crippen LogP contribution in [0.15, 0.2) is 35.7 Å². The topological polar surface area (TPSA) is 68.7 Å². The zero-order valence-corrected chi connectivity index (χ0v) is 15.5. The minimum absolute atomic E-state index is 0.265. The van der Waals surface area contributed by atoms with Crippen LogP contribution in [0.2, 0.25) is 0 Å². The molecule has 7 heteroatoms. The van der Waals surface area contributed by atoms with Crippen molar-refractivity contribution >= 4 is 23.4 Å². The highest BCUT2D eigenvalue weighted by Gasteiger charge is 2.27. The Morgan fingerprint density at radius 1 is 1.19 bits per heavy atom. The van der Waals surface area contributed by atoms with E-state index in [1.54, 1.807) is 17.2 Å². The minimum atomic E-state index is -0.378. The zero-order chi connectivity index (χ0) is 18.4. The van der Waals surface area contributed by atoms with E-state index in [9.17, 15) is 9.59 Å². The number of piperidine rings is 1. The van der Waals surface area contributed by atoms with Crippen molar-refractivity contribution in [3.05, 3.63) is 52.0 Å². The summed E-state index contributed by atoms with van der Waals surface area (Å²) in [5, 5.41) is 2.68. The van der Waals surface area contributed by atoms with Gasteiger partial charge in [-0.05, 0) is 25.3 Å². The summed E-state index contributed by atoms with van der Waals surface area (Å²) in [6.07, 6.45) is 1.35. The van der Waals surface area contributed by atoms with E-state index in [0.717, 1.165) is 23.4 Å². The largest absolute Gasteiger partial charge is 0.461 e. The van der Waals surface area contributed by atoms with E-state index in [0.29, 0.717) is 25.4 Å². The maximum Gasteiger partial charge on any atom is 0.410 e. The SMILES string of the molecule is CCOC(=O)c1csc(C2CCN(C(=O)OCc3ccccc3)CC2)n1. The molecule has 0 N–H and O–H groups in total. The van der Waals surface area contributed by atoms with Gasteiger partial charge in [0.15, 0.2) is 5.69 Å². The second-order valence-corrected chi connectivity index (χ2v) is 6.98. The van der Waals surface area contributed by atoms with Gasteiger partial charge < -0.3 is 14.4 Å². The first-order valence-corrected chi connectivity index (χ1v) is 9.63. The van der Waals surface area contributed by atoms with Crippen molar-refractivity contribution in [1.29, 1.82) is 0 Å². The third-order valence-electron chi connectivity index (χ3n) is 4.31. The van der Waals surface area contributed by atoms with Crippen molar-refractivity contribution < 1.29 is 19.1 Å². The Morgan fingerprint density at radius 2 is 1.92 bits per heavy atom. The van der Waals surface area contributed by atoms with Gasteiger partial charge in [-0.1, -0.05) is 30.3 Å². The van der Waals surface area contributed by atoms with Crippen molar-refractivity contribution in [2.45, 2.75) is 32.3 Å². The van der Waals surface area contributed by atoms with Crippen molar-refractivity contribution in [3.8, 4) is 0 Å². The van der Waals surface area contributed by atoms with Gasteiger partial charge in [-0.2, -0.15) is 0 Å². The maximum absolute atomic E-state index is 12.2. The van der Waals surface area contributed by atoms with E-state index >= 15 is 0 Å². The van der Waals surface area contributed by atoms with Crippen LogP contribution in [0, 0.1) is 0 Å². The Kier molecular flexibility index (Phi) is 6.22. The van der Waals surface area contributed by atoms with Crippen molar-refractivity contribution in [3.63, 3.8) is 0 Å². The molecule has 1 aliphatic rings. The number of carbonyl (C=O) groups excluding carboxylic acids is 2. The van der Waals surface area contributed by atoms with E-state index in [1.165, 1.54) is 11.3 Å². The number of hydrogen-bond acceptors (Lipinski definition) is 6. The lowest BCUT2D eigenvalue weighted by Crippen LogP contribution is -2.38. The quantitative estimate of drug-likeness (QED) is 0.744. The summed E-state index contributed by atoms with van der Waals surface area (Å²) < 4.78 is 10.4. The standard InChI is InChI=1S/C19H22N2O4S/c1-2-24-18(22)16-13-26-17(20-16)15-8-10-21(11-9-15)19(23)25-12-14-6-4-3-5-7-14/h3-7,13,15H,2,8-12H2,1H3. The van der Waals surface area contributed by atoms with E-state index < -0.39 is 0 Å². The van der Waals surface area contributed by atoms with Gasteiger partial charge in [0.25, 0.3) is 0 Å². The average Bonchev–Trinajstić information content (AvgIpc) is 3.18. The molecule has 1 saturated heterocycles. The van der Waals surface area contributed by atoms with Gasteiger partial charge in [0, 0.05) is 24.4 Å². The average molecular weight is 374 g/mol. The van der Waals surface area contributed by atoms with Crippen molar-refractivity contribution in [2.24, 2.45) is 0 Å². The number of thiazole rings is 1. The van der Waals surface area contributed by atoms with E-state index in [4.69, 9.17) is 9.47 Å². The van der Waals surface area contributed by atoms with Crippen LogP contribution in [0.4, 0.5) is 4.79 Å². The predicted molar refractivity (Wildman–Crippen MR) is 98.2 cm³/mol. The van der Waals surface area contributed by atoms with E-state index in [2.05, 4.69) is 4.98 Å². The van der Waals surface area contributed by atoms with Gasteiger partial charge in [0.2, 0.25) is 0 Å². The number of likely N-dealkylation sites (tertiary alicyclic amines) is 1. The molecule has 2 heterocycles. The highest BCUT2D eigenvalue weighted by molar-refractivity contribution is 7.09. The molecule has 3 rings (SSSR count). The molecule has 0 spiro atoms. The minimum Gasteiger partial charge on any atom is -0.461 e. The van der Waals surface area contributed by atoms with Crippen molar-refractivity contribution in [2.75, 3.05) is 19.7 Å². The Hall–Kier alpha value is -2.41. The Morgan fingerprint density at radius 3 is 2.62 bits per heavy atom. The van der Waals surface area contributed by atoms with Crippen LogP contribution in [0.5, 0.6) is 0 Å². The monoisotopic (exact) mass is 374 g/mol. The smallest absolute Gasteiger partial charge is 0.410 e. The summed E-state index contributed by atoms with van der Waals surface area (Å²) in [6, 6.07) is 9.65. The van der Waals surface area contributed by atoms with Crippen LogP contribution in [0.3, 0.4) is 0 Å². The number of carbonyl (C=O) groups is 2. The Balaban J connectivity index is 1.48. The molecule has 0 aliphatic carbocycles. The van der Waals surface area contributed by atoms with Gasteiger partial charge >= 0.3 is 12.1 Å². The second kappa shape index (κ2) is 8.80. The third kappa shape index (κ3) is 4.60. The summed E-state index contributed by atoms with van der Waals surface area (Å²) in [5.41, 5.74) is 1.35. The first-order chi connectivity index (χ1) is 12.7. The summed E-state index contributed by atoms with van der Waals surface area (Å²) >= 11 is 1.48. The predicted octanol–water partition coefficient (Wildman–Crippen LogP) is 3.84. The molecule has 0 unspecified atom stereocenters. The first-order valence-electron chi connectivity index (χ1n) is 8.75. The molecular weight excluding hydrogens is 352 g/mol. The molecule has 6 nitrogen and oxygen atoms in total. The fourth-order valence-corrected chi connectivity index (χ4v) is 3.85. The fraction of sp³-hybridized carbons (Fsp3) is 0.421. The molecular formula is C19H22N2O4S. The molecule has 0 saturated carbocycles. The molecule has 0 atom stereocenters. The molecule has 0 bridgehead atoms. The van der Waals surface area contributed by atoms with Gasteiger partial charge in [-0.15, -0.1) is 11.3 Å². The van der Waals surface area contributed by atoms with Crippen LogP contribution in [-0.4, -0.2) is 41.6 Å². The number of ether oxygens (including phenoxy) is 2. The maximum atomic E-state index is 12.2. The van der Waals surface area contributed by atoms with Gasteiger partial charge in [-0.25, -0.2) is 14.6 Å². The molecule has 1 aromatic heterocycles. The molecule has 1 fully saturated rings. The molecule has 1 amide bonds. The summed E-state index contributed by atoms with van der Waals surface area (Å²) in [5.74, 6) is -0.113. The first kappa shape index (κ1) is 18.4. The van der Waals surface area contributed by atoms with Crippen molar-refractivity contribution in [1.82, 2.24) is 9.88 Å². The van der Waals surface area contributed by atoms with E-state index in [1.807, 2.05) is 30.3 Å². The second-order valence-electron chi connectivity index (χ2n) is 6.09. The van der Waals surface area contributed by atoms with Crippen LogP contribution < -0.4 is 0 Å². The van der Waals surface area contributed by atoms with Crippen LogP contribution in [0.1, 0.15) is 46.7 Å². The number of hydrogen-bond donors (Lipinski definition) is 0. The normalized spacial score (nSPS) is 14.9. The number of amides is 1. The molecule has 26 heavy (non-hydrogen) atoms. The Bertz CT molecular complexity index is 739.